The maximum Gasteiger partial charge on any atom is 0.222 e. The van der Waals surface area contributed by atoms with Crippen molar-refractivity contribution in [2.45, 2.75) is 38.5 Å². The average Bonchev–Trinajstić information content (AvgIpc) is 2.39. The van der Waals surface area contributed by atoms with Gasteiger partial charge in [-0.2, -0.15) is 0 Å². The smallest absolute Gasteiger partial charge is 0.222 e. The first kappa shape index (κ1) is 19.2. The summed E-state index contributed by atoms with van der Waals surface area (Å²) in [5, 5.41) is 6.32. The maximum absolute atomic E-state index is 11.6. The predicted molar refractivity (Wildman–Crippen MR) is 83.0 cm³/mol. The lowest BCUT2D eigenvalue weighted by atomic mass is 9.96. The molecule has 1 atom stereocenters. The van der Waals surface area contributed by atoms with Gasteiger partial charge in [0.25, 0.3) is 0 Å². The maximum atomic E-state index is 11.6. The Hall–Kier alpha value is -0.810. The number of carbonyl (C=O) groups is 2. The molecule has 0 spiro atoms. The Morgan fingerprint density at radius 2 is 2.05 bits per heavy atom. The highest BCUT2D eigenvalue weighted by Gasteiger charge is 2.13. The van der Waals surface area contributed by atoms with E-state index in [1.165, 1.54) is 12.8 Å². The first-order valence-corrected chi connectivity index (χ1v) is 7.27. The molecule has 118 valence electrons. The lowest BCUT2D eigenvalue weighted by Crippen LogP contribution is -2.33. The van der Waals surface area contributed by atoms with Crippen LogP contribution in [0, 0.1) is 5.92 Å². The van der Waals surface area contributed by atoms with Gasteiger partial charge in [-0.15, -0.1) is 12.4 Å². The van der Waals surface area contributed by atoms with Crippen molar-refractivity contribution < 1.29 is 9.59 Å². The summed E-state index contributed by atoms with van der Waals surface area (Å²) in [6.07, 6.45) is 5.09. The molecule has 0 aromatic heterocycles. The largest absolute Gasteiger partial charge is 0.356 e. The minimum atomic E-state index is 0. The monoisotopic (exact) mass is 305 g/mol. The van der Waals surface area contributed by atoms with Crippen molar-refractivity contribution in [1.82, 2.24) is 15.5 Å². The summed E-state index contributed by atoms with van der Waals surface area (Å²) in [5.41, 5.74) is 0. The molecule has 1 aliphatic rings. The molecule has 0 aliphatic carbocycles. The highest BCUT2D eigenvalue weighted by Crippen LogP contribution is 2.12. The molecule has 2 N–H and O–H groups in total. The van der Waals surface area contributed by atoms with Crippen LogP contribution in [0.4, 0.5) is 0 Å². The molecule has 0 aromatic carbocycles. The number of amides is 2. The zero-order valence-corrected chi connectivity index (χ0v) is 13.4. The Kier molecular flexibility index (Phi) is 10.5. The molecule has 0 saturated carbocycles. The van der Waals surface area contributed by atoms with Crippen LogP contribution in [0.1, 0.15) is 38.5 Å². The molecule has 5 nitrogen and oxygen atoms in total. The SMILES string of the molecule is CN(C)C(=O)CCCC(=O)NCCC1CCCNC1.Cl. The van der Waals surface area contributed by atoms with E-state index in [-0.39, 0.29) is 24.2 Å². The highest BCUT2D eigenvalue weighted by molar-refractivity contribution is 5.85. The quantitative estimate of drug-likeness (QED) is 0.742. The van der Waals surface area contributed by atoms with Crippen molar-refractivity contribution in [3.8, 4) is 0 Å². The Labute approximate surface area is 128 Å². The number of hydrogen-bond acceptors (Lipinski definition) is 3. The van der Waals surface area contributed by atoms with Crippen LogP contribution in [-0.2, 0) is 9.59 Å². The van der Waals surface area contributed by atoms with E-state index in [0.29, 0.717) is 25.2 Å². The van der Waals surface area contributed by atoms with Crippen LogP contribution in [0.25, 0.3) is 0 Å². The lowest BCUT2D eigenvalue weighted by Gasteiger charge is -2.22. The van der Waals surface area contributed by atoms with Gasteiger partial charge in [0.05, 0.1) is 0 Å². The number of nitrogens with zero attached hydrogens (tertiary/aromatic N) is 1. The first-order valence-electron chi connectivity index (χ1n) is 7.27. The van der Waals surface area contributed by atoms with Gasteiger partial charge in [-0.05, 0) is 44.7 Å². The van der Waals surface area contributed by atoms with Crippen molar-refractivity contribution in [2.24, 2.45) is 5.92 Å². The number of hydrogen-bond donors (Lipinski definition) is 2. The molecule has 2 amide bonds. The molecular weight excluding hydrogens is 278 g/mol. The van der Waals surface area contributed by atoms with Gasteiger partial charge in [-0.3, -0.25) is 9.59 Å². The normalized spacial score (nSPS) is 18.0. The fourth-order valence-electron chi connectivity index (χ4n) is 2.30. The molecule has 0 aromatic rings. The van der Waals surface area contributed by atoms with E-state index in [0.717, 1.165) is 26.1 Å². The van der Waals surface area contributed by atoms with Gasteiger partial charge in [0.15, 0.2) is 0 Å². The third kappa shape index (κ3) is 8.38. The number of piperidine rings is 1. The molecule has 1 heterocycles. The Morgan fingerprint density at radius 1 is 1.30 bits per heavy atom. The second-order valence-corrected chi connectivity index (χ2v) is 5.49. The summed E-state index contributed by atoms with van der Waals surface area (Å²) >= 11 is 0. The third-order valence-corrected chi connectivity index (χ3v) is 3.57. The van der Waals surface area contributed by atoms with Crippen molar-refractivity contribution in [3.05, 3.63) is 0 Å². The van der Waals surface area contributed by atoms with Crippen LogP contribution >= 0.6 is 12.4 Å². The van der Waals surface area contributed by atoms with E-state index < -0.39 is 0 Å². The summed E-state index contributed by atoms with van der Waals surface area (Å²) in [6.45, 7) is 2.96. The lowest BCUT2D eigenvalue weighted by molar-refractivity contribution is -0.128. The second kappa shape index (κ2) is 10.9. The van der Waals surface area contributed by atoms with Crippen LogP contribution in [-0.4, -0.2) is 50.4 Å². The zero-order valence-electron chi connectivity index (χ0n) is 12.6. The topological polar surface area (TPSA) is 61.4 Å². The average molecular weight is 306 g/mol. The van der Waals surface area contributed by atoms with Crippen molar-refractivity contribution in [2.75, 3.05) is 33.7 Å². The molecule has 1 unspecified atom stereocenters. The van der Waals surface area contributed by atoms with E-state index in [1.54, 1.807) is 19.0 Å². The van der Waals surface area contributed by atoms with Crippen LogP contribution in [0.3, 0.4) is 0 Å². The fourth-order valence-corrected chi connectivity index (χ4v) is 2.30. The minimum Gasteiger partial charge on any atom is -0.356 e. The number of nitrogens with one attached hydrogen (secondary N) is 2. The molecule has 0 bridgehead atoms. The molecular formula is C14H28ClN3O2. The molecule has 1 rings (SSSR count). The van der Waals surface area contributed by atoms with Crippen molar-refractivity contribution >= 4 is 24.2 Å². The number of halogens is 1. The Balaban J connectivity index is 0.00000361. The zero-order chi connectivity index (χ0) is 14.1. The van der Waals surface area contributed by atoms with Crippen LogP contribution in [0.2, 0.25) is 0 Å². The number of carbonyl (C=O) groups excluding carboxylic acids is 2. The summed E-state index contributed by atoms with van der Waals surface area (Å²) in [4.78, 5) is 24.5. The predicted octanol–water partition coefficient (Wildman–Crippen LogP) is 1.17. The van der Waals surface area contributed by atoms with Crippen LogP contribution in [0.15, 0.2) is 0 Å². The van der Waals surface area contributed by atoms with Gasteiger partial charge in [0.1, 0.15) is 0 Å². The highest BCUT2D eigenvalue weighted by atomic mass is 35.5. The van der Waals surface area contributed by atoms with E-state index in [1.807, 2.05) is 0 Å². The molecule has 20 heavy (non-hydrogen) atoms. The minimum absolute atomic E-state index is 0. The Bertz CT molecular complexity index is 292. The molecule has 1 saturated heterocycles. The van der Waals surface area contributed by atoms with Crippen molar-refractivity contribution in [3.63, 3.8) is 0 Å². The van der Waals surface area contributed by atoms with Crippen LogP contribution < -0.4 is 10.6 Å². The molecule has 6 heteroatoms. The third-order valence-electron chi connectivity index (χ3n) is 3.57. The summed E-state index contributed by atoms with van der Waals surface area (Å²) in [6, 6.07) is 0. The summed E-state index contributed by atoms with van der Waals surface area (Å²) < 4.78 is 0. The Morgan fingerprint density at radius 3 is 2.65 bits per heavy atom. The van der Waals surface area contributed by atoms with Gasteiger partial charge in [0, 0.05) is 33.5 Å². The molecule has 0 radical (unpaired) electrons. The van der Waals surface area contributed by atoms with Gasteiger partial charge < -0.3 is 15.5 Å². The second-order valence-electron chi connectivity index (χ2n) is 5.49. The van der Waals surface area contributed by atoms with Gasteiger partial charge in [-0.25, -0.2) is 0 Å². The number of rotatable bonds is 7. The van der Waals surface area contributed by atoms with Gasteiger partial charge >= 0.3 is 0 Å². The van der Waals surface area contributed by atoms with Crippen molar-refractivity contribution in [1.29, 1.82) is 0 Å². The summed E-state index contributed by atoms with van der Waals surface area (Å²) in [7, 11) is 3.47. The molecule has 1 fully saturated rings. The fraction of sp³-hybridized carbons (Fsp3) is 0.857. The van der Waals surface area contributed by atoms with Gasteiger partial charge in [-0.1, -0.05) is 0 Å². The summed E-state index contributed by atoms with van der Waals surface area (Å²) in [5.74, 6) is 0.848. The van der Waals surface area contributed by atoms with E-state index >= 15 is 0 Å². The van der Waals surface area contributed by atoms with E-state index in [2.05, 4.69) is 10.6 Å². The first-order chi connectivity index (χ1) is 9.09. The standard InChI is InChI=1S/C14H27N3O2.ClH/c1-17(2)14(19)7-3-6-13(18)16-10-8-12-5-4-9-15-11-12;/h12,15H,3-11H2,1-2H3,(H,16,18);1H. The van der Waals surface area contributed by atoms with E-state index in [9.17, 15) is 9.59 Å². The van der Waals surface area contributed by atoms with Crippen LogP contribution in [0.5, 0.6) is 0 Å². The molecule has 1 aliphatic heterocycles. The van der Waals surface area contributed by atoms with E-state index in [4.69, 9.17) is 0 Å². The van der Waals surface area contributed by atoms with Gasteiger partial charge in [0.2, 0.25) is 11.8 Å².